The topological polar surface area (TPSA) is 0 Å². The van der Waals surface area contributed by atoms with E-state index in [0.29, 0.717) is 0 Å². The Morgan fingerprint density at radius 2 is 1.42 bits per heavy atom. The van der Waals surface area contributed by atoms with Gasteiger partial charge in [-0.15, -0.1) is 0 Å². The number of rotatable bonds is 2. The van der Waals surface area contributed by atoms with Crippen LogP contribution in [0.5, 0.6) is 0 Å². The highest BCUT2D eigenvalue weighted by molar-refractivity contribution is 5.51. The molecular weight excluding hydrogens is 228 g/mol. The molecule has 2 aromatic rings. The molecule has 0 N–H and O–H groups in total. The lowest BCUT2D eigenvalue weighted by molar-refractivity contribution is 1.46. The van der Waals surface area contributed by atoms with Gasteiger partial charge in [0.2, 0.25) is 0 Å². The van der Waals surface area contributed by atoms with Crippen LogP contribution < -0.4 is 0 Å². The number of hydrogen-bond acceptors (Lipinski definition) is 0. The molecule has 0 heterocycles. The molecule has 0 aromatic heterocycles. The van der Waals surface area contributed by atoms with Crippen LogP contribution in [0, 0.1) is 13.8 Å². The molecule has 0 bridgehead atoms. The minimum Gasteiger partial charge on any atom is -0.0877 e. The SMILES string of the molecule is C/C=C\C=C/c1cccc(C)c1.Cc1ccccc1. The van der Waals surface area contributed by atoms with Gasteiger partial charge in [-0.1, -0.05) is 90.0 Å². The molecule has 0 heteroatoms. The second-order valence-corrected chi connectivity index (χ2v) is 4.45. The van der Waals surface area contributed by atoms with E-state index in [1.165, 1.54) is 16.7 Å². The average Bonchev–Trinajstić information content (AvgIpc) is 2.41. The molecule has 0 radical (unpaired) electrons. The predicted molar refractivity (Wildman–Crippen MR) is 86.2 cm³/mol. The van der Waals surface area contributed by atoms with Gasteiger partial charge in [-0.05, 0) is 26.3 Å². The van der Waals surface area contributed by atoms with Crippen LogP contribution in [-0.4, -0.2) is 0 Å². The van der Waals surface area contributed by atoms with Crippen molar-refractivity contribution < 1.29 is 0 Å². The maximum atomic E-state index is 2.17. The van der Waals surface area contributed by atoms with E-state index in [1.54, 1.807) is 0 Å². The van der Waals surface area contributed by atoms with Crippen molar-refractivity contribution in [2.75, 3.05) is 0 Å². The van der Waals surface area contributed by atoms with E-state index >= 15 is 0 Å². The first kappa shape index (κ1) is 15.0. The van der Waals surface area contributed by atoms with Crippen molar-refractivity contribution in [1.29, 1.82) is 0 Å². The quantitative estimate of drug-likeness (QED) is 0.610. The molecule has 0 saturated heterocycles. The van der Waals surface area contributed by atoms with Crippen molar-refractivity contribution in [3.63, 3.8) is 0 Å². The third kappa shape index (κ3) is 7.05. The first-order valence-electron chi connectivity index (χ1n) is 6.60. The van der Waals surface area contributed by atoms with E-state index in [4.69, 9.17) is 0 Å². The third-order valence-electron chi connectivity index (χ3n) is 2.57. The lowest BCUT2D eigenvalue weighted by Crippen LogP contribution is -1.73. The van der Waals surface area contributed by atoms with E-state index in [0.717, 1.165) is 0 Å². The Morgan fingerprint density at radius 1 is 0.737 bits per heavy atom. The first-order valence-corrected chi connectivity index (χ1v) is 6.60. The van der Waals surface area contributed by atoms with Crippen LogP contribution in [-0.2, 0) is 0 Å². The Morgan fingerprint density at radius 3 is 1.95 bits per heavy atom. The Balaban J connectivity index is 0.000000218. The highest BCUT2D eigenvalue weighted by Crippen LogP contribution is 2.05. The molecular formula is C19H22. The Labute approximate surface area is 117 Å². The normalized spacial score (nSPS) is 10.5. The van der Waals surface area contributed by atoms with Gasteiger partial charge in [0.15, 0.2) is 0 Å². The molecule has 0 amide bonds. The van der Waals surface area contributed by atoms with Crippen LogP contribution in [0.4, 0.5) is 0 Å². The van der Waals surface area contributed by atoms with Gasteiger partial charge in [0, 0.05) is 0 Å². The summed E-state index contributed by atoms with van der Waals surface area (Å²) in [6, 6.07) is 18.7. The van der Waals surface area contributed by atoms with Gasteiger partial charge in [0.25, 0.3) is 0 Å². The van der Waals surface area contributed by atoms with E-state index in [1.807, 2.05) is 37.3 Å². The molecule has 0 nitrogen and oxygen atoms in total. The van der Waals surface area contributed by atoms with Crippen molar-refractivity contribution >= 4 is 6.08 Å². The summed E-state index contributed by atoms with van der Waals surface area (Å²) in [4.78, 5) is 0. The Hall–Kier alpha value is -2.08. The van der Waals surface area contributed by atoms with Gasteiger partial charge < -0.3 is 0 Å². The van der Waals surface area contributed by atoms with E-state index < -0.39 is 0 Å². The van der Waals surface area contributed by atoms with Crippen LogP contribution in [0.15, 0.2) is 72.8 Å². The summed E-state index contributed by atoms with van der Waals surface area (Å²) in [5.41, 5.74) is 3.88. The molecule has 2 aromatic carbocycles. The molecule has 0 fully saturated rings. The summed E-state index contributed by atoms with van der Waals surface area (Å²) in [5.74, 6) is 0. The zero-order chi connectivity index (χ0) is 13.9. The number of aryl methyl sites for hydroxylation is 2. The summed E-state index contributed by atoms with van der Waals surface area (Å²) in [5, 5.41) is 0. The summed E-state index contributed by atoms with van der Waals surface area (Å²) in [6.07, 6.45) is 8.20. The van der Waals surface area contributed by atoms with Crippen LogP contribution in [0.2, 0.25) is 0 Å². The first-order chi connectivity index (χ1) is 9.22. The largest absolute Gasteiger partial charge is 0.0877 e. The molecule has 0 aliphatic carbocycles. The minimum atomic E-state index is 1.26. The molecule has 19 heavy (non-hydrogen) atoms. The predicted octanol–water partition coefficient (Wildman–Crippen LogP) is 5.58. The third-order valence-corrected chi connectivity index (χ3v) is 2.57. The zero-order valence-corrected chi connectivity index (χ0v) is 12.0. The molecule has 0 spiro atoms. The molecule has 0 saturated carbocycles. The minimum absolute atomic E-state index is 1.26. The van der Waals surface area contributed by atoms with E-state index in [2.05, 4.69) is 62.4 Å². The van der Waals surface area contributed by atoms with E-state index in [9.17, 15) is 0 Å². The zero-order valence-electron chi connectivity index (χ0n) is 12.0. The smallest absolute Gasteiger partial charge is 0.0254 e. The van der Waals surface area contributed by atoms with E-state index in [-0.39, 0.29) is 0 Å². The summed E-state index contributed by atoms with van der Waals surface area (Å²) in [6.45, 7) is 6.20. The molecule has 98 valence electrons. The maximum Gasteiger partial charge on any atom is -0.0254 e. The highest BCUT2D eigenvalue weighted by Gasteiger charge is 1.84. The fraction of sp³-hybridized carbons (Fsp3) is 0.158. The van der Waals surface area contributed by atoms with Crippen molar-refractivity contribution in [3.8, 4) is 0 Å². The number of hydrogen-bond donors (Lipinski definition) is 0. The van der Waals surface area contributed by atoms with Gasteiger partial charge in [-0.3, -0.25) is 0 Å². The highest BCUT2D eigenvalue weighted by atomic mass is 13.9. The maximum absolute atomic E-state index is 2.17. The fourth-order valence-electron chi connectivity index (χ4n) is 1.59. The van der Waals surface area contributed by atoms with Gasteiger partial charge in [0.1, 0.15) is 0 Å². The van der Waals surface area contributed by atoms with Crippen LogP contribution in [0.3, 0.4) is 0 Å². The lowest BCUT2D eigenvalue weighted by atomic mass is 10.1. The molecule has 0 atom stereocenters. The van der Waals surface area contributed by atoms with Gasteiger partial charge in [-0.25, -0.2) is 0 Å². The van der Waals surface area contributed by atoms with Gasteiger partial charge in [0.05, 0.1) is 0 Å². The van der Waals surface area contributed by atoms with Crippen molar-refractivity contribution in [1.82, 2.24) is 0 Å². The van der Waals surface area contributed by atoms with Crippen molar-refractivity contribution in [3.05, 3.63) is 89.5 Å². The standard InChI is InChI=1S/C12H14.C7H8/c1-3-4-5-8-12-9-6-7-11(2)10-12;1-7-5-3-2-4-6-7/h3-10H,1-2H3;2-6H,1H3/b4-3-,8-5-;. The second kappa shape index (κ2) is 8.93. The second-order valence-electron chi connectivity index (χ2n) is 4.45. The van der Waals surface area contributed by atoms with Crippen molar-refractivity contribution in [2.45, 2.75) is 20.8 Å². The Kier molecular flexibility index (Phi) is 7.04. The summed E-state index contributed by atoms with van der Waals surface area (Å²) >= 11 is 0. The van der Waals surface area contributed by atoms with Crippen LogP contribution >= 0.6 is 0 Å². The fourth-order valence-corrected chi connectivity index (χ4v) is 1.59. The molecule has 2 rings (SSSR count). The Bertz CT molecular complexity index is 519. The van der Waals surface area contributed by atoms with Gasteiger partial charge >= 0.3 is 0 Å². The van der Waals surface area contributed by atoms with Crippen LogP contribution in [0.25, 0.3) is 6.08 Å². The summed E-state index contributed by atoms with van der Waals surface area (Å²) in [7, 11) is 0. The molecule has 0 aliphatic rings. The molecule has 0 unspecified atom stereocenters. The number of allylic oxidation sites excluding steroid dienone is 3. The lowest BCUT2D eigenvalue weighted by Gasteiger charge is -1.93. The monoisotopic (exact) mass is 250 g/mol. The average molecular weight is 250 g/mol. The van der Waals surface area contributed by atoms with Gasteiger partial charge in [-0.2, -0.15) is 0 Å². The van der Waals surface area contributed by atoms with Crippen LogP contribution in [0.1, 0.15) is 23.6 Å². The van der Waals surface area contributed by atoms with Crippen molar-refractivity contribution in [2.24, 2.45) is 0 Å². The molecule has 0 aliphatic heterocycles. The summed E-state index contributed by atoms with van der Waals surface area (Å²) < 4.78 is 0. The number of benzene rings is 2.